The summed E-state index contributed by atoms with van der Waals surface area (Å²) in [6, 6.07) is 3.32. The standard InChI is InChI=1S/C18H26N2O5/c1-23-14-9-12(10-15(24-2)17(14)25-3)18(22)19-11-16(21)20-13-7-5-4-6-8-13/h9-10,13H,4-8,11H2,1-3H3,(H,19,22)(H,20,21). The van der Waals surface area contributed by atoms with Gasteiger partial charge in [-0.15, -0.1) is 0 Å². The molecule has 0 aromatic heterocycles. The van der Waals surface area contributed by atoms with Crippen LogP contribution in [0.25, 0.3) is 0 Å². The first-order valence-electron chi connectivity index (χ1n) is 8.46. The first-order valence-corrected chi connectivity index (χ1v) is 8.46. The molecule has 0 spiro atoms. The zero-order chi connectivity index (χ0) is 18.2. The van der Waals surface area contributed by atoms with E-state index in [9.17, 15) is 9.59 Å². The third kappa shape index (κ3) is 5.01. The molecule has 138 valence electrons. The summed E-state index contributed by atoms with van der Waals surface area (Å²) in [5.74, 6) is 0.639. The molecule has 7 nitrogen and oxygen atoms in total. The van der Waals surface area contributed by atoms with Crippen LogP contribution in [0.4, 0.5) is 0 Å². The van der Waals surface area contributed by atoms with Gasteiger partial charge in [0.1, 0.15) is 0 Å². The van der Waals surface area contributed by atoms with Gasteiger partial charge in [-0.3, -0.25) is 9.59 Å². The molecule has 0 radical (unpaired) electrons. The average Bonchev–Trinajstić information content (AvgIpc) is 2.65. The molecule has 25 heavy (non-hydrogen) atoms. The zero-order valence-corrected chi connectivity index (χ0v) is 15.0. The molecule has 0 bridgehead atoms. The van der Waals surface area contributed by atoms with Crippen molar-refractivity contribution in [1.29, 1.82) is 0 Å². The molecule has 1 aliphatic rings. The minimum Gasteiger partial charge on any atom is -0.493 e. The molecule has 0 aliphatic heterocycles. The monoisotopic (exact) mass is 350 g/mol. The summed E-state index contributed by atoms with van der Waals surface area (Å²) in [5, 5.41) is 5.59. The molecule has 0 unspecified atom stereocenters. The third-order valence-electron chi connectivity index (χ3n) is 4.31. The lowest BCUT2D eigenvalue weighted by Gasteiger charge is -2.22. The number of methoxy groups -OCH3 is 3. The van der Waals surface area contributed by atoms with E-state index in [4.69, 9.17) is 14.2 Å². The number of hydrogen-bond donors (Lipinski definition) is 2. The number of carbonyl (C=O) groups is 2. The Labute approximate surface area is 148 Å². The fourth-order valence-corrected chi connectivity index (χ4v) is 3.00. The zero-order valence-electron chi connectivity index (χ0n) is 15.0. The highest BCUT2D eigenvalue weighted by Crippen LogP contribution is 2.38. The highest BCUT2D eigenvalue weighted by atomic mass is 16.5. The summed E-state index contributed by atoms with van der Waals surface area (Å²) >= 11 is 0. The Morgan fingerprint density at radius 3 is 2.12 bits per heavy atom. The largest absolute Gasteiger partial charge is 0.493 e. The lowest BCUT2D eigenvalue weighted by Crippen LogP contribution is -2.42. The van der Waals surface area contributed by atoms with Gasteiger partial charge in [0.15, 0.2) is 11.5 Å². The van der Waals surface area contributed by atoms with Crippen LogP contribution in [0.15, 0.2) is 12.1 Å². The minimum absolute atomic E-state index is 0.0635. The Morgan fingerprint density at radius 2 is 1.60 bits per heavy atom. The number of benzene rings is 1. The summed E-state index contributed by atoms with van der Waals surface area (Å²) in [6.45, 7) is -0.0635. The smallest absolute Gasteiger partial charge is 0.251 e. The Balaban J connectivity index is 1.96. The number of amides is 2. The predicted molar refractivity (Wildman–Crippen MR) is 93.4 cm³/mol. The van der Waals surface area contributed by atoms with Crippen molar-refractivity contribution in [2.75, 3.05) is 27.9 Å². The van der Waals surface area contributed by atoms with Crippen molar-refractivity contribution >= 4 is 11.8 Å². The van der Waals surface area contributed by atoms with Gasteiger partial charge in [0.25, 0.3) is 5.91 Å². The van der Waals surface area contributed by atoms with Crippen LogP contribution in [-0.2, 0) is 4.79 Å². The Bertz CT molecular complexity index is 586. The van der Waals surface area contributed by atoms with Crippen molar-refractivity contribution in [2.45, 2.75) is 38.1 Å². The van der Waals surface area contributed by atoms with Crippen molar-refractivity contribution in [1.82, 2.24) is 10.6 Å². The van der Waals surface area contributed by atoms with Gasteiger partial charge in [0.2, 0.25) is 11.7 Å². The van der Waals surface area contributed by atoms with Crippen LogP contribution in [0.1, 0.15) is 42.5 Å². The molecule has 0 heterocycles. The van der Waals surface area contributed by atoms with Crippen molar-refractivity contribution in [2.24, 2.45) is 0 Å². The number of carbonyl (C=O) groups excluding carboxylic acids is 2. The maximum Gasteiger partial charge on any atom is 0.251 e. The van der Waals surface area contributed by atoms with E-state index in [1.54, 1.807) is 12.1 Å². The molecule has 0 atom stereocenters. The maximum absolute atomic E-state index is 12.3. The van der Waals surface area contributed by atoms with E-state index >= 15 is 0 Å². The topological polar surface area (TPSA) is 85.9 Å². The molecular weight excluding hydrogens is 324 g/mol. The van der Waals surface area contributed by atoms with Crippen molar-refractivity contribution < 1.29 is 23.8 Å². The molecule has 1 fully saturated rings. The first-order chi connectivity index (χ1) is 12.1. The summed E-state index contributed by atoms with van der Waals surface area (Å²) in [7, 11) is 4.46. The molecule has 1 aliphatic carbocycles. The molecule has 2 N–H and O–H groups in total. The third-order valence-corrected chi connectivity index (χ3v) is 4.31. The van der Waals surface area contributed by atoms with E-state index in [0.29, 0.717) is 22.8 Å². The summed E-state index contributed by atoms with van der Waals surface area (Å²) in [5.41, 5.74) is 0.333. The SMILES string of the molecule is COc1cc(C(=O)NCC(=O)NC2CCCCC2)cc(OC)c1OC. The van der Waals surface area contributed by atoms with Gasteiger partial charge < -0.3 is 24.8 Å². The van der Waals surface area contributed by atoms with Crippen LogP contribution < -0.4 is 24.8 Å². The van der Waals surface area contributed by atoms with Gasteiger partial charge in [0.05, 0.1) is 27.9 Å². The van der Waals surface area contributed by atoms with Gasteiger partial charge in [-0.2, -0.15) is 0 Å². The lowest BCUT2D eigenvalue weighted by atomic mass is 9.95. The molecule has 0 saturated heterocycles. The van der Waals surface area contributed by atoms with E-state index < -0.39 is 0 Å². The van der Waals surface area contributed by atoms with Crippen LogP contribution in [0.5, 0.6) is 17.2 Å². The fourth-order valence-electron chi connectivity index (χ4n) is 3.00. The van der Waals surface area contributed by atoms with Gasteiger partial charge in [-0.1, -0.05) is 19.3 Å². The summed E-state index contributed by atoms with van der Waals surface area (Å²) in [6.07, 6.45) is 5.52. The van der Waals surface area contributed by atoms with Crippen LogP contribution >= 0.6 is 0 Å². The first kappa shape index (κ1) is 18.9. The highest BCUT2D eigenvalue weighted by molar-refractivity contribution is 5.97. The minimum atomic E-state index is -0.377. The van der Waals surface area contributed by atoms with Crippen LogP contribution in [0.3, 0.4) is 0 Å². The second kappa shape index (κ2) is 9.15. The fraction of sp³-hybridized carbons (Fsp3) is 0.556. The second-order valence-corrected chi connectivity index (χ2v) is 6.00. The highest BCUT2D eigenvalue weighted by Gasteiger charge is 2.19. The second-order valence-electron chi connectivity index (χ2n) is 6.00. The van der Waals surface area contributed by atoms with Crippen LogP contribution in [0, 0.1) is 0 Å². The predicted octanol–water partition coefficient (Wildman–Crippen LogP) is 1.89. The van der Waals surface area contributed by atoms with E-state index in [-0.39, 0.29) is 24.4 Å². The molecule has 1 saturated carbocycles. The van der Waals surface area contributed by atoms with Crippen molar-refractivity contribution in [3.63, 3.8) is 0 Å². The Morgan fingerprint density at radius 1 is 1.00 bits per heavy atom. The van der Waals surface area contributed by atoms with Gasteiger partial charge >= 0.3 is 0 Å². The molecule has 1 aromatic rings. The number of ether oxygens (including phenoxy) is 3. The molecule has 2 amide bonds. The van der Waals surface area contributed by atoms with E-state index in [1.165, 1.54) is 27.8 Å². The quantitative estimate of drug-likeness (QED) is 0.784. The van der Waals surface area contributed by atoms with E-state index in [2.05, 4.69) is 10.6 Å². The molecule has 2 rings (SSSR count). The normalized spacial score (nSPS) is 14.5. The van der Waals surface area contributed by atoms with E-state index in [0.717, 1.165) is 25.7 Å². The van der Waals surface area contributed by atoms with E-state index in [1.807, 2.05) is 0 Å². The molecule has 7 heteroatoms. The van der Waals surface area contributed by atoms with Gasteiger partial charge in [-0.05, 0) is 25.0 Å². The van der Waals surface area contributed by atoms with Crippen molar-refractivity contribution in [3.8, 4) is 17.2 Å². The lowest BCUT2D eigenvalue weighted by molar-refractivity contribution is -0.121. The summed E-state index contributed by atoms with van der Waals surface area (Å²) in [4.78, 5) is 24.3. The molecular formula is C18H26N2O5. The summed E-state index contributed by atoms with van der Waals surface area (Å²) < 4.78 is 15.7. The number of nitrogens with one attached hydrogen (secondary N) is 2. The number of hydrogen-bond acceptors (Lipinski definition) is 5. The van der Waals surface area contributed by atoms with Crippen LogP contribution in [-0.4, -0.2) is 45.7 Å². The maximum atomic E-state index is 12.3. The van der Waals surface area contributed by atoms with Crippen molar-refractivity contribution in [3.05, 3.63) is 17.7 Å². The Kier molecular flexibility index (Phi) is 6.91. The van der Waals surface area contributed by atoms with Crippen LogP contribution in [0.2, 0.25) is 0 Å². The Hall–Kier alpha value is -2.44. The van der Waals surface area contributed by atoms with Gasteiger partial charge in [0, 0.05) is 11.6 Å². The average molecular weight is 350 g/mol. The molecule has 1 aromatic carbocycles. The van der Waals surface area contributed by atoms with Gasteiger partial charge in [-0.25, -0.2) is 0 Å². The number of rotatable bonds is 7.